The van der Waals surface area contributed by atoms with Crippen LogP contribution >= 0.6 is 0 Å². The Kier molecular flexibility index (Phi) is 3.61. The number of fused-ring (bicyclic) bond motifs is 2. The highest BCUT2D eigenvalue weighted by Crippen LogP contribution is 2.38. The summed E-state index contributed by atoms with van der Waals surface area (Å²) >= 11 is 0. The smallest absolute Gasteiger partial charge is 0.416 e. The van der Waals surface area contributed by atoms with Gasteiger partial charge in [0.1, 0.15) is 17.0 Å². The molecule has 0 bridgehead atoms. The molecule has 0 spiro atoms. The standard InChI is InChI=1S/C20H20F3N3O/c1-10-6-15-13(8-12(10)20(21,22)23)25-18(26(15)5)17-11(2)7-16-14(24-17)9-19(3,4)27-16/h6-8H,9H2,1-5H3. The van der Waals surface area contributed by atoms with Crippen LogP contribution in [0.25, 0.3) is 22.6 Å². The molecular weight excluding hydrogens is 355 g/mol. The topological polar surface area (TPSA) is 39.9 Å². The van der Waals surface area contributed by atoms with Crippen molar-refractivity contribution in [2.45, 2.75) is 45.9 Å². The second kappa shape index (κ2) is 5.47. The Labute approximate surface area is 155 Å². The Morgan fingerprint density at radius 3 is 2.44 bits per heavy atom. The van der Waals surface area contributed by atoms with Crippen LogP contribution < -0.4 is 4.74 Å². The molecule has 0 radical (unpaired) electrons. The van der Waals surface area contributed by atoms with Gasteiger partial charge in [0, 0.05) is 13.5 Å². The second-order valence-corrected chi connectivity index (χ2v) is 7.79. The normalized spacial score (nSPS) is 15.9. The maximum absolute atomic E-state index is 13.2. The summed E-state index contributed by atoms with van der Waals surface area (Å²) in [5.41, 5.74) is 2.55. The molecule has 0 amide bonds. The Hall–Kier alpha value is -2.57. The molecule has 2 aromatic heterocycles. The minimum atomic E-state index is -4.40. The van der Waals surface area contributed by atoms with Crippen LogP contribution in [0.2, 0.25) is 0 Å². The van der Waals surface area contributed by atoms with Crippen molar-refractivity contribution in [3.05, 3.63) is 40.6 Å². The molecule has 0 saturated carbocycles. The van der Waals surface area contributed by atoms with Gasteiger partial charge >= 0.3 is 6.18 Å². The number of alkyl halides is 3. The monoisotopic (exact) mass is 375 g/mol. The third kappa shape index (κ3) is 2.85. The molecule has 7 heteroatoms. The predicted octanol–water partition coefficient (Wildman–Crippen LogP) is 4.98. The van der Waals surface area contributed by atoms with Gasteiger partial charge in [0.05, 0.1) is 22.3 Å². The van der Waals surface area contributed by atoms with Crippen molar-refractivity contribution in [3.8, 4) is 17.3 Å². The third-order valence-corrected chi connectivity index (χ3v) is 4.98. The van der Waals surface area contributed by atoms with Crippen molar-refractivity contribution in [1.29, 1.82) is 0 Å². The molecule has 1 aromatic carbocycles. The number of halogens is 3. The maximum Gasteiger partial charge on any atom is 0.416 e. The lowest BCUT2D eigenvalue weighted by Crippen LogP contribution is -2.24. The van der Waals surface area contributed by atoms with Gasteiger partial charge in [0.2, 0.25) is 0 Å². The molecule has 4 nitrogen and oxygen atoms in total. The van der Waals surface area contributed by atoms with Gasteiger partial charge in [0.25, 0.3) is 0 Å². The summed E-state index contributed by atoms with van der Waals surface area (Å²) in [5.74, 6) is 1.31. The van der Waals surface area contributed by atoms with Crippen LogP contribution in [0.1, 0.15) is 36.2 Å². The molecule has 1 aliphatic heterocycles. The van der Waals surface area contributed by atoms with E-state index in [-0.39, 0.29) is 11.2 Å². The molecular formula is C20H20F3N3O. The first kappa shape index (κ1) is 17.8. The summed E-state index contributed by atoms with van der Waals surface area (Å²) in [4.78, 5) is 9.22. The fourth-order valence-corrected chi connectivity index (χ4v) is 3.66. The van der Waals surface area contributed by atoms with Crippen molar-refractivity contribution >= 4 is 11.0 Å². The number of benzene rings is 1. The number of imidazole rings is 1. The minimum Gasteiger partial charge on any atom is -0.486 e. The predicted molar refractivity (Wildman–Crippen MR) is 96.8 cm³/mol. The quantitative estimate of drug-likeness (QED) is 0.602. The number of rotatable bonds is 1. The largest absolute Gasteiger partial charge is 0.486 e. The highest BCUT2D eigenvalue weighted by Gasteiger charge is 2.34. The van der Waals surface area contributed by atoms with Crippen LogP contribution in [0.4, 0.5) is 13.2 Å². The first-order valence-electron chi connectivity index (χ1n) is 8.70. The van der Waals surface area contributed by atoms with Crippen molar-refractivity contribution in [1.82, 2.24) is 14.5 Å². The van der Waals surface area contributed by atoms with E-state index in [1.54, 1.807) is 11.6 Å². The van der Waals surface area contributed by atoms with Crippen molar-refractivity contribution < 1.29 is 17.9 Å². The zero-order valence-electron chi connectivity index (χ0n) is 15.8. The lowest BCUT2D eigenvalue weighted by atomic mass is 10.0. The highest BCUT2D eigenvalue weighted by molar-refractivity contribution is 5.82. The molecule has 0 unspecified atom stereocenters. The molecule has 1 aliphatic rings. The third-order valence-electron chi connectivity index (χ3n) is 4.98. The minimum absolute atomic E-state index is 0.179. The highest BCUT2D eigenvalue weighted by atomic mass is 19.4. The fraction of sp³-hybridized carbons (Fsp3) is 0.400. The number of hydrogen-bond acceptors (Lipinski definition) is 3. The van der Waals surface area contributed by atoms with Gasteiger partial charge in [-0.2, -0.15) is 13.2 Å². The van der Waals surface area contributed by atoms with E-state index >= 15 is 0 Å². The van der Waals surface area contributed by atoms with Gasteiger partial charge < -0.3 is 9.30 Å². The average Bonchev–Trinajstić information content (AvgIpc) is 3.00. The van der Waals surface area contributed by atoms with Crippen molar-refractivity contribution in [2.75, 3.05) is 0 Å². The molecule has 0 N–H and O–H groups in total. The summed E-state index contributed by atoms with van der Waals surface area (Å²) in [6.45, 7) is 7.37. The lowest BCUT2D eigenvalue weighted by Gasteiger charge is -2.16. The Balaban J connectivity index is 1.90. The summed E-state index contributed by atoms with van der Waals surface area (Å²) in [7, 11) is 1.80. The molecule has 4 rings (SSSR count). The molecule has 3 aromatic rings. The van der Waals surface area contributed by atoms with E-state index in [9.17, 15) is 13.2 Å². The van der Waals surface area contributed by atoms with Crippen LogP contribution in [0.5, 0.6) is 5.75 Å². The summed E-state index contributed by atoms with van der Waals surface area (Å²) in [6, 6.07) is 4.57. The number of aromatic nitrogens is 3. The van der Waals surface area contributed by atoms with Crippen LogP contribution in [-0.4, -0.2) is 20.1 Å². The lowest BCUT2D eigenvalue weighted by molar-refractivity contribution is -0.137. The summed E-state index contributed by atoms with van der Waals surface area (Å²) < 4.78 is 47.4. The van der Waals surface area contributed by atoms with E-state index < -0.39 is 11.7 Å². The summed E-state index contributed by atoms with van der Waals surface area (Å²) in [6.07, 6.45) is -3.72. The molecule has 27 heavy (non-hydrogen) atoms. The number of ether oxygens (including phenoxy) is 1. The molecule has 3 heterocycles. The van der Waals surface area contributed by atoms with E-state index in [2.05, 4.69) is 4.98 Å². The van der Waals surface area contributed by atoms with Gasteiger partial charge in [-0.05, 0) is 57.0 Å². The van der Waals surface area contributed by atoms with Gasteiger partial charge in [-0.25, -0.2) is 9.97 Å². The van der Waals surface area contributed by atoms with Crippen LogP contribution in [0, 0.1) is 13.8 Å². The van der Waals surface area contributed by atoms with Gasteiger partial charge in [0.15, 0.2) is 5.82 Å². The van der Waals surface area contributed by atoms with E-state index in [4.69, 9.17) is 9.72 Å². The number of pyridine rings is 1. The number of hydrogen-bond donors (Lipinski definition) is 0. The molecule has 0 saturated heterocycles. The van der Waals surface area contributed by atoms with Crippen LogP contribution in [0.3, 0.4) is 0 Å². The Morgan fingerprint density at radius 1 is 1.07 bits per heavy atom. The van der Waals surface area contributed by atoms with Crippen LogP contribution in [-0.2, 0) is 19.6 Å². The first-order valence-corrected chi connectivity index (χ1v) is 8.70. The average molecular weight is 375 g/mol. The molecule has 0 fully saturated rings. The zero-order chi connectivity index (χ0) is 19.7. The zero-order valence-corrected chi connectivity index (χ0v) is 15.8. The van der Waals surface area contributed by atoms with Crippen molar-refractivity contribution in [3.63, 3.8) is 0 Å². The van der Waals surface area contributed by atoms with E-state index in [0.29, 0.717) is 29.0 Å². The molecule has 0 aliphatic carbocycles. The van der Waals surface area contributed by atoms with Gasteiger partial charge in [-0.3, -0.25) is 0 Å². The maximum atomic E-state index is 13.2. The van der Waals surface area contributed by atoms with E-state index in [1.165, 1.54) is 13.0 Å². The van der Waals surface area contributed by atoms with Gasteiger partial charge in [-0.15, -0.1) is 0 Å². The first-order chi connectivity index (χ1) is 12.5. The Bertz CT molecular complexity index is 1080. The second-order valence-electron chi connectivity index (χ2n) is 7.79. The van der Waals surface area contributed by atoms with Gasteiger partial charge in [-0.1, -0.05) is 0 Å². The van der Waals surface area contributed by atoms with Crippen molar-refractivity contribution in [2.24, 2.45) is 7.05 Å². The Morgan fingerprint density at radius 2 is 1.78 bits per heavy atom. The van der Waals surface area contributed by atoms with E-state index in [1.807, 2.05) is 26.8 Å². The van der Waals surface area contributed by atoms with E-state index in [0.717, 1.165) is 23.1 Å². The molecule has 142 valence electrons. The number of aryl methyl sites for hydroxylation is 3. The fourth-order valence-electron chi connectivity index (χ4n) is 3.66. The number of nitrogens with zero attached hydrogens (tertiary/aromatic N) is 3. The SMILES string of the molecule is Cc1cc2c(cc1C(F)(F)F)nc(-c1nc3c(cc1C)OC(C)(C)C3)n2C. The molecule has 0 atom stereocenters. The van der Waals surface area contributed by atoms with Crippen LogP contribution in [0.15, 0.2) is 18.2 Å². The summed E-state index contributed by atoms with van der Waals surface area (Å²) in [5, 5.41) is 0.